The van der Waals surface area contributed by atoms with Gasteiger partial charge in [-0.25, -0.2) is 0 Å². The molecule has 0 aromatic rings. The largest absolute Gasteiger partial charge is 0.497 e. The van der Waals surface area contributed by atoms with Gasteiger partial charge in [0, 0.05) is 0 Å². The summed E-state index contributed by atoms with van der Waals surface area (Å²) in [4.78, 5) is 0. The molecule has 0 heterocycles. The molecule has 0 rings (SSSR count). The van der Waals surface area contributed by atoms with Crippen LogP contribution < -0.4 is 0 Å². The highest BCUT2D eigenvalue weighted by molar-refractivity contribution is 5.24. The molecule has 0 unspecified atom stereocenters. The zero-order chi connectivity index (χ0) is 7.28. The average Bonchev–Trinajstić information content (AvgIpc) is 1.90. The summed E-state index contributed by atoms with van der Waals surface area (Å²) in [5.74, 6) is 0.782. The lowest BCUT2D eigenvalue weighted by molar-refractivity contribution is 0.304. The molecule has 1 heteroatoms. The zero-order valence-corrected chi connectivity index (χ0v) is 5.98. The van der Waals surface area contributed by atoms with Crippen molar-refractivity contribution in [3.8, 4) is 0 Å². The fourth-order valence-electron chi connectivity index (χ4n) is 0.506. The molecule has 0 aromatic carbocycles. The highest BCUT2D eigenvalue weighted by Crippen LogP contribution is 2.05. The van der Waals surface area contributed by atoms with Crippen molar-refractivity contribution >= 4 is 0 Å². The van der Waals surface area contributed by atoms with Gasteiger partial charge in [0.2, 0.25) is 0 Å². The van der Waals surface area contributed by atoms with Crippen molar-refractivity contribution in [1.82, 2.24) is 0 Å². The van der Waals surface area contributed by atoms with Crippen LogP contribution in [0, 0.1) is 0 Å². The standard InChI is InChI=1S/C8H12O/c1-5-7(3)8(6-2)9-4/h5-6H,1-2H2,3-4H3/b8-7+. The van der Waals surface area contributed by atoms with E-state index in [2.05, 4.69) is 13.2 Å². The maximum atomic E-state index is 4.94. The van der Waals surface area contributed by atoms with Crippen LogP contribution in [-0.4, -0.2) is 7.11 Å². The summed E-state index contributed by atoms with van der Waals surface area (Å²) in [6, 6.07) is 0. The van der Waals surface area contributed by atoms with Crippen molar-refractivity contribution in [2.75, 3.05) is 7.11 Å². The van der Waals surface area contributed by atoms with Crippen molar-refractivity contribution < 1.29 is 4.74 Å². The monoisotopic (exact) mass is 124 g/mol. The van der Waals surface area contributed by atoms with Crippen LogP contribution in [0.4, 0.5) is 0 Å². The Labute approximate surface area is 56.3 Å². The minimum Gasteiger partial charge on any atom is -0.497 e. The predicted molar refractivity (Wildman–Crippen MR) is 40.1 cm³/mol. The molecule has 1 nitrogen and oxygen atoms in total. The van der Waals surface area contributed by atoms with Crippen LogP contribution in [0.3, 0.4) is 0 Å². The second-order valence-electron chi connectivity index (χ2n) is 1.66. The van der Waals surface area contributed by atoms with Crippen LogP contribution in [-0.2, 0) is 4.74 Å². The first-order valence-corrected chi connectivity index (χ1v) is 2.76. The molecular formula is C8H12O. The first-order chi connectivity index (χ1) is 4.26. The first-order valence-electron chi connectivity index (χ1n) is 2.76. The molecule has 0 aliphatic carbocycles. The van der Waals surface area contributed by atoms with Gasteiger partial charge in [0.05, 0.1) is 7.11 Å². The van der Waals surface area contributed by atoms with Crippen molar-refractivity contribution in [2.24, 2.45) is 0 Å². The molecule has 0 fully saturated rings. The van der Waals surface area contributed by atoms with Crippen molar-refractivity contribution in [2.45, 2.75) is 6.92 Å². The van der Waals surface area contributed by atoms with E-state index < -0.39 is 0 Å². The van der Waals surface area contributed by atoms with E-state index in [4.69, 9.17) is 4.74 Å². The lowest BCUT2D eigenvalue weighted by atomic mass is 10.2. The van der Waals surface area contributed by atoms with Crippen LogP contribution in [0.1, 0.15) is 6.92 Å². The molecule has 0 saturated carbocycles. The third-order valence-corrected chi connectivity index (χ3v) is 1.10. The van der Waals surface area contributed by atoms with Crippen LogP contribution in [0.5, 0.6) is 0 Å². The van der Waals surface area contributed by atoms with Gasteiger partial charge in [-0.05, 0) is 18.6 Å². The second-order valence-corrected chi connectivity index (χ2v) is 1.66. The van der Waals surface area contributed by atoms with Gasteiger partial charge in [-0.2, -0.15) is 0 Å². The van der Waals surface area contributed by atoms with Crippen LogP contribution in [0.25, 0.3) is 0 Å². The van der Waals surface area contributed by atoms with Crippen molar-refractivity contribution in [3.05, 3.63) is 36.6 Å². The number of allylic oxidation sites excluding steroid dienone is 3. The van der Waals surface area contributed by atoms with E-state index in [1.807, 2.05) is 6.92 Å². The van der Waals surface area contributed by atoms with E-state index >= 15 is 0 Å². The summed E-state index contributed by atoms with van der Waals surface area (Å²) in [5, 5.41) is 0. The van der Waals surface area contributed by atoms with Gasteiger partial charge >= 0.3 is 0 Å². The lowest BCUT2D eigenvalue weighted by Gasteiger charge is -2.00. The summed E-state index contributed by atoms with van der Waals surface area (Å²) >= 11 is 0. The van der Waals surface area contributed by atoms with Crippen LogP contribution in [0.2, 0.25) is 0 Å². The molecule has 50 valence electrons. The molecule has 0 aromatic heterocycles. The Hall–Kier alpha value is -0.980. The summed E-state index contributed by atoms with van der Waals surface area (Å²) in [6.45, 7) is 9.09. The Kier molecular flexibility index (Phi) is 3.52. The molecule has 0 bridgehead atoms. The van der Waals surface area contributed by atoms with Gasteiger partial charge < -0.3 is 4.74 Å². The summed E-state index contributed by atoms with van der Waals surface area (Å²) in [7, 11) is 1.62. The first kappa shape index (κ1) is 8.02. The summed E-state index contributed by atoms with van der Waals surface area (Å²) < 4.78 is 4.94. The normalized spacial score (nSPS) is 11.8. The van der Waals surface area contributed by atoms with Crippen LogP contribution >= 0.6 is 0 Å². The van der Waals surface area contributed by atoms with Gasteiger partial charge in [0.25, 0.3) is 0 Å². The summed E-state index contributed by atoms with van der Waals surface area (Å²) in [6.07, 6.45) is 3.40. The van der Waals surface area contributed by atoms with Gasteiger partial charge in [-0.1, -0.05) is 19.2 Å². The molecule has 0 saturated heterocycles. The van der Waals surface area contributed by atoms with E-state index in [9.17, 15) is 0 Å². The summed E-state index contributed by atoms with van der Waals surface area (Å²) in [5.41, 5.74) is 1.01. The van der Waals surface area contributed by atoms with Gasteiger partial charge in [0.15, 0.2) is 0 Å². The number of hydrogen-bond acceptors (Lipinski definition) is 1. The Bertz CT molecular complexity index is 143. The molecule has 0 atom stereocenters. The maximum Gasteiger partial charge on any atom is 0.121 e. The lowest BCUT2D eigenvalue weighted by Crippen LogP contribution is -1.83. The molecule has 0 spiro atoms. The van der Waals surface area contributed by atoms with Crippen LogP contribution in [0.15, 0.2) is 36.6 Å². The van der Waals surface area contributed by atoms with Crippen molar-refractivity contribution in [1.29, 1.82) is 0 Å². The van der Waals surface area contributed by atoms with E-state index in [-0.39, 0.29) is 0 Å². The third kappa shape index (κ3) is 2.17. The maximum absolute atomic E-state index is 4.94. The fourth-order valence-corrected chi connectivity index (χ4v) is 0.506. The van der Waals surface area contributed by atoms with E-state index in [0.717, 1.165) is 11.3 Å². The smallest absolute Gasteiger partial charge is 0.121 e. The Morgan fingerprint density at radius 1 is 1.33 bits per heavy atom. The number of rotatable bonds is 3. The molecular weight excluding hydrogens is 112 g/mol. The number of methoxy groups -OCH3 is 1. The highest BCUT2D eigenvalue weighted by Gasteiger charge is 1.90. The third-order valence-electron chi connectivity index (χ3n) is 1.10. The average molecular weight is 124 g/mol. The predicted octanol–water partition coefficient (Wildman–Crippen LogP) is 2.28. The van der Waals surface area contributed by atoms with Gasteiger partial charge in [0.1, 0.15) is 5.76 Å². The van der Waals surface area contributed by atoms with Gasteiger partial charge in [-0.15, -0.1) is 0 Å². The van der Waals surface area contributed by atoms with Crippen molar-refractivity contribution in [3.63, 3.8) is 0 Å². The second kappa shape index (κ2) is 3.96. The minimum atomic E-state index is 0.782. The van der Waals surface area contributed by atoms with Gasteiger partial charge in [-0.3, -0.25) is 0 Å². The quantitative estimate of drug-likeness (QED) is 0.414. The Morgan fingerprint density at radius 3 is 2.00 bits per heavy atom. The fraction of sp³-hybridized carbons (Fsp3) is 0.250. The molecule has 9 heavy (non-hydrogen) atoms. The van der Waals surface area contributed by atoms with E-state index in [0.29, 0.717) is 0 Å². The molecule has 0 aliphatic rings. The Balaban J connectivity index is 4.36. The molecule has 0 aliphatic heterocycles. The van der Waals surface area contributed by atoms with E-state index in [1.165, 1.54) is 0 Å². The van der Waals surface area contributed by atoms with E-state index in [1.54, 1.807) is 19.3 Å². The zero-order valence-electron chi connectivity index (χ0n) is 5.98. The molecule has 0 radical (unpaired) electrons. The molecule has 0 amide bonds. The number of hydrogen-bond donors (Lipinski definition) is 0. The Morgan fingerprint density at radius 2 is 1.89 bits per heavy atom. The SMILES string of the molecule is C=C/C(C)=C(\C=C)OC. The number of ether oxygens (including phenoxy) is 1. The molecule has 0 N–H and O–H groups in total. The highest BCUT2D eigenvalue weighted by atomic mass is 16.5. The topological polar surface area (TPSA) is 9.23 Å². The minimum absolute atomic E-state index is 0.782.